The van der Waals surface area contributed by atoms with Gasteiger partial charge in [0.2, 0.25) is 5.88 Å². The second-order valence-electron chi connectivity index (χ2n) is 8.48. The summed E-state index contributed by atoms with van der Waals surface area (Å²) in [6.07, 6.45) is -2.25. The van der Waals surface area contributed by atoms with E-state index in [2.05, 4.69) is 14.4 Å². The normalized spacial score (nSPS) is 11.8. The predicted molar refractivity (Wildman–Crippen MR) is 143 cm³/mol. The second kappa shape index (κ2) is 11.5. The summed E-state index contributed by atoms with van der Waals surface area (Å²) in [4.78, 5) is 9.77. The summed E-state index contributed by atoms with van der Waals surface area (Å²) < 4.78 is 75.1. The highest BCUT2D eigenvalue weighted by Gasteiger charge is 2.31. The second-order valence-corrected chi connectivity index (χ2v) is 10.1. The summed E-state index contributed by atoms with van der Waals surface area (Å²) in [7, 11) is -1.21. The topological polar surface area (TPSA) is 84.2 Å². The van der Waals surface area contributed by atoms with Gasteiger partial charge in [0.25, 0.3) is 10.0 Å². The Morgan fingerprint density at radius 1 is 0.897 bits per heavy atom. The lowest BCUT2D eigenvalue weighted by atomic mass is 10.0. The van der Waals surface area contributed by atoms with Crippen LogP contribution in [0.25, 0.3) is 0 Å². The van der Waals surface area contributed by atoms with Crippen molar-refractivity contribution in [2.45, 2.75) is 11.1 Å². The van der Waals surface area contributed by atoms with Crippen LogP contribution < -0.4 is 4.74 Å². The Balaban J connectivity index is 1.85. The molecule has 0 spiro atoms. The lowest BCUT2D eigenvalue weighted by Gasteiger charge is -2.13. The summed E-state index contributed by atoms with van der Waals surface area (Å²) in [5, 5.41) is 0. The Labute approximate surface area is 224 Å². The number of sulfonamides is 1. The minimum atomic E-state index is -4.61. The van der Waals surface area contributed by atoms with Crippen LogP contribution in [-0.2, 0) is 16.2 Å². The van der Waals surface area contributed by atoms with Gasteiger partial charge in [0.1, 0.15) is 12.1 Å². The number of rotatable bonds is 8. The molecule has 7 nitrogen and oxygen atoms in total. The number of pyridine rings is 1. The molecule has 1 heterocycles. The molecular formula is C28H23F3N4O3S. The fourth-order valence-electron chi connectivity index (χ4n) is 3.42. The van der Waals surface area contributed by atoms with Crippen molar-refractivity contribution in [1.29, 1.82) is 0 Å². The highest BCUT2D eigenvalue weighted by atomic mass is 32.2. The third-order valence-corrected chi connectivity index (χ3v) is 6.43. The first kappa shape index (κ1) is 27.5. The van der Waals surface area contributed by atoms with Gasteiger partial charge in [-0.25, -0.2) is 9.98 Å². The Morgan fingerprint density at radius 2 is 1.51 bits per heavy atom. The zero-order chi connectivity index (χ0) is 28.0. The zero-order valence-electron chi connectivity index (χ0n) is 20.9. The third kappa shape index (κ3) is 7.08. The van der Waals surface area contributed by atoms with E-state index in [4.69, 9.17) is 4.74 Å². The highest BCUT2D eigenvalue weighted by Crippen LogP contribution is 2.35. The molecule has 0 unspecified atom stereocenters. The summed E-state index contributed by atoms with van der Waals surface area (Å²) >= 11 is 0. The van der Waals surface area contributed by atoms with Gasteiger partial charge in [-0.3, -0.25) is 0 Å². The maximum atomic E-state index is 13.2. The number of aliphatic imine (C=N–C) groups is 1. The summed E-state index contributed by atoms with van der Waals surface area (Å²) in [5.74, 6) is -0.680. The van der Waals surface area contributed by atoms with Crippen LogP contribution in [0.4, 0.5) is 18.9 Å². The fourth-order valence-corrected chi connectivity index (χ4v) is 4.43. The number of halogens is 3. The smallest absolute Gasteiger partial charge is 0.416 e. The van der Waals surface area contributed by atoms with Crippen molar-refractivity contribution in [3.05, 3.63) is 114 Å². The Hall–Kier alpha value is -4.51. The first-order chi connectivity index (χ1) is 18.5. The zero-order valence-corrected chi connectivity index (χ0v) is 21.7. The number of benzene rings is 3. The van der Waals surface area contributed by atoms with Crippen LogP contribution in [0, 0.1) is 0 Å². The molecule has 11 heteroatoms. The Morgan fingerprint density at radius 3 is 2.08 bits per heavy atom. The number of aromatic nitrogens is 1. The lowest BCUT2D eigenvalue weighted by Crippen LogP contribution is -2.11. The van der Waals surface area contributed by atoms with Crippen LogP contribution in [0.3, 0.4) is 0 Å². The number of hydrogen-bond acceptors (Lipinski definition) is 5. The number of hydrogen-bond donors (Lipinski definition) is 0. The van der Waals surface area contributed by atoms with E-state index in [0.717, 1.165) is 35.7 Å². The van der Waals surface area contributed by atoms with Gasteiger partial charge in [-0.2, -0.15) is 21.6 Å². The van der Waals surface area contributed by atoms with Crippen molar-refractivity contribution in [3.8, 4) is 11.6 Å². The van der Waals surface area contributed by atoms with E-state index in [1.54, 1.807) is 14.1 Å². The van der Waals surface area contributed by atoms with E-state index < -0.39 is 32.5 Å². The van der Waals surface area contributed by atoms with Gasteiger partial charge in [0.15, 0.2) is 4.90 Å². The molecule has 4 aromatic rings. The van der Waals surface area contributed by atoms with Crippen LogP contribution in [0.5, 0.6) is 11.6 Å². The maximum absolute atomic E-state index is 13.2. The van der Waals surface area contributed by atoms with Gasteiger partial charge in [0.05, 0.1) is 23.2 Å². The molecule has 0 fully saturated rings. The van der Waals surface area contributed by atoms with Crippen LogP contribution in [-0.4, -0.2) is 44.4 Å². The molecule has 0 atom stereocenters. The summed E-state index contributed by atoms with van der Waals surface area (Å²) in [6, 6.07) is 23.9. The van der Waals surface area contributed by atoms with E-state index in [1.807, 2.05) is 60.7 Å². The van der Waals surface area contributed by atoms with Gasteiger partial charge < -0.3 is 9.64 Å². The molecule has 0 aliphatic heterocycles. The molecule has 0 radical (unpaired) electrons. The van der Waals surface area contributed by atoms with Crippen molar-refractivity contribution in [2.24, 2.45) is 9.39 Å². The molecular weight excluding hydrogens is 529 g/mol. The monoisotopic (exact) mass is 552 g/mol. The molecule has 0 bridgehead atoms. The van der Waals surface area contributed by atoms with Crippen LogP contribution >= 0.6 is 0 Å². The van der Waals surface area contributed by atoms with Crippen molar-refractivity contribution in [1.82, 2.24) is 9.88 Å². The van der Waals surface area contributed by atoms with E-state index >= 15 is 0 Å². The number of nitrogens with zero attached hydrogens (tertiary/aromatic N) is 4. The average Bonchev–Trinajstić information content (AvgIpc) is 2.92. The van der Waals surface area contributed by atoms with Crippen molar-refractivity contribution in [2.75, 3.05) is 14.1 Å². The minimum absolute atomic E-state index is 0.174. The van der Waals surface area contributed by atoms with E-state index in [1.165, 1.54) is 23.2 Å². The van der Waals surface area contributed by atoms with Crippen molar-refractivity contribution in [3.63, 3.8) is 0 Å². The standard InChI is InChI=1S/C28H23F3N4O3S/c1-35(2)19-33-39(36,37)25-17-23(18-32-27(25)38-24-15-9-14-22(16-24)28(29,30)31)34-26(20-10-5-3-6-11-20)21-12-7-4-8-13-21/h3-19H,1-2H3. The first-order valence-corrected chi connectivity index (χ1v) is 13.0. The third-order valence-electron chi connectivity index (χ3n) is 5.21. The Kier molecular flexibility index (Phi) is 8.10. The number of alkyl halides is 3. The molecule has 39 heavy (non-hydrogen) atoms. The Bertz CT molecular complexity index is 1560. The van der Waals surface area contributed by atoms with Crippen molar-refractivity contribution >= 4 is 27.8 Å². The van der Waals surface area contributed by atoms with E-state index in [9.17, 15) is 21.6 Å². The minimum Gasteiger partial charge on any atom is -0.438 e. The van der Waals surface area contributed by atoms with E-state index in [0.29, 0.717) is 5.71 Å². The highest BCUT2D eigenvalue weighted by molar-refractivity contribution is 7.90. The fraction of sp³-hybridized carbons (Fsp3) is 0.107. The molecule has 0 N–H and O–H groups in total. The summed E-state index contributed by atoms with van der Waals surface area (Å²) in [6.45, 7) is 0. The maximum Gasteiger partial charge on any atom is 0.416 e. The van der Waals surface area contributed by atoms with Crippen LogP contribution in [0.2, 0.25) is 0 Å². The van der Waals surface area contributed by atoms with Crippen molar-refractivity contribution < 1.29 is 26.3 Å². The molecule has 1 aromatic heterocycles. The van der Waals surface area contributed by atoms with Gasteiger partial charge in [-0.05, 0) is 24.3 Å². The summed E-state index contributed by atoms with van der Waals surface area (Å²) in [5.41, 5.74) is 1.34. The predicted octanol–water partition coefficient (Wildman–Crippen LogP) is 6.34. The first-order valence-electron chi connectivity index (χ1n) is 11.5. The molecule has 0 saturated heterocycles. The molecule has 0 amide bonds. The average molecular weight is 553 g/mol. The molecule has 0 aliphatic rings. The lowest BCUT2D eigenvalue weighted by molar-refractivity contribution is -0.137. The molecule has 4 rings (SSSR count). The SMILES string of the molecule is CN(C)C=NS(=O)(=O)c1cc(N=C(c2ccccc2)c2ccccc2)cnc1Oc1cccc(C(F)(F)F)c1. The molecule has 0 aliphatic carbocycles. The van der Waals surface area contributed by atoms with Gasteiger partial charge in [-0.15, -0.1) is 4.40 Å². The largest absolute Gasteiger partial charge is 0.438 e. The number of ether oxygens (including phenoxy) is 1. The van der Waals surface area contributed by atoms with E-state index in [-0.39, 0.29) is 11.4 Å². The quantitative estimate of drug-likeness (QED) is 0.188. The molecule has 200 valence electrons. The van der Waals surface area contributed by atoms with Gasteiger partial charge in [-0.1, -0.05) is 66.7 Å². The van der Waals surface area contributed by atoms with Crippen LogP contribution in [0.15, 0.2) is 111 Å². The van der Waals surface area contributed by atoms with Gasteiger partial charge >= 0.3 is 6.18 Å². The molecule has 0 saturated carbocycles. The van der Waals surface area contributed by atoms with Gasteiger partial charge in [0, 0.05) is 25.2 Å². The molecule has 3 aromatic carbocycles. The van der Waals surface area contributed by atoms with Crippen LogP contribution in [0.1, 0.15) is 16.7 Å².